The lowest BCUT2D eigenvalue weighted by atomic mass is 10.2. The van der Waals surface area contributed by atoms with Gasteiger partial charge in [0.05, 0.1) is 25.2 Å². The van der Waals surface area contributed by atoms with Crippen LogP contribution in [-0.2, 0) is 6.18 Å². The first-order valence-electron chi connectivity index (χ1n) is 10.5. The molecule has 4 aromatic rings. The van der Waals surface area contributed by atoms with Crippen molar-refractivity contribution < 1.29 is 41.3 Å². The summed E-state index contributed by atoms with van der Waals surface area (Å²) in [7, 11) is 2.83. The zero-order chi connectivity index (χ0) is 26.0. The van der Waals surface area contributed by atoms with Crippen molar-refractivity contribution in [1.82, 2.24) is 0 Å². The van der Waals surface area contributed by atoms with Crippen molar-refractivity contribution in [2.45, 2.75) is 13.1 Å². The maximum atomic E-state index is 13.8. The highest BCUT2D eigenvalue weighted by molar-refractivity contribution is 5.92. The minimum Gasteiger partial charge on any atom is -0.493 e. The normalized spacial score (nSPS) is 11.3. The fourth-order valence-corrected chi connectivity index (χ4v) is 3.35. The molecule has 0 N–H and O–H groups in total. The molecule has 1 aromatic heterocycles. The smallest absolute Gasteiger partial charge is 0.453 e. The minimum atomic E-state index is -5.03. The molecule has 186 valence electrons. The molecular weight excluding hydrogens is 481 g/mol. The van der Waals surface area contributed by atoms with Crippen LogP contribution in [0.1, 0.15) is 21.7 Å². The summed E-state index contributed by atoms with van der Waals surface area (Å²) in [5.41, 5.74) is -0.491. The Bertz CT molecular complexity index is 1490. The second-order valence-electron chi connectivity index (χ2n) is 7.62. The molecular formula is C26H19F3O7. The van der Waals surface area contributed by atoms with Gasteiger partial charge in [0.15, 0.2) is 11.5 Å². The molecule has 10 heteroatoms. The second kappa shape index (κ2) is 9.65. The van der Waals surface area contributed by atoms with E-state index in [2.05, 4.69) is 0 Å². The highest BCUT2D eigenvalue weighted by Gasteiger charge is 2.40. The number of hydrogen-bond acceptors (Lipinski definition) is 7. The van der Waals surface area contributed by atoms with Crippen LogP contribution in [-0.4, -0.2) is 20.2 Å². The quantitative estimate of drug-likeness (QED) is 0.232. The first-order valence-corrected chi connectivity index (χ1v) is 10.5. The van der Waals surface area contributed by atoms with Gasteiger partial charge in [-0.2, -0.15) is 13.2 Å². The number of rotatable bonds is 6. The zero-order valence-corrected chi connectivity index (χ0v) is 19.3. The number of fused-ring (bicyclic) bond motifs is 1. The molecule has 1 heterocycles. The standard InChI is InChI=1S/C26H19F3O7/c1-14-4-7-16(8-5-14)34-23-22(30)18-10-9-17(13-20(18)36-24(23)26(27,28)29)35-25(31)15-6-11-19(32-2)21(12-15)33-3/h4-13H,1-3H3. The number of hydrogen-bond donors (Lipinski definition) is 0. The Morgan fingerprint density at radius 1 is 0.861 bits per heavy atom. The molecule has 4 rings (SSSR count). The predicted molar refractivity (Wildman–Crippen MR) is 123 cm³/mol. The van der Waals surface area contributed by atoms with Crippen LogP contribution in [0.4, 0.5) is 13.2 Å². The Morgan fingerprint density at radius 2 is 1.53 bits per heavy atom. The largest absolute Gasteiger partial charge is 0.493 e. The van der Waals surface area contributed by atoms with Crippen molar-refractivity contribution in [1.29, 1.82) is 0 Å². The average Bonchev–Trinajstić information content (AvgIpc) is 2.85. The molecule has 36 heavy (non-hydrogen) atoms. The van der Waals surface area contributed by atoms with E-state index < -0.39 is 34.7 Å². The second-order valence-corrected chi connectivity index (χ2v) is 7.62. The van der Waals surface area contributed by atoms with Crippen molar-refractivity contribution in [2.24, 2.45) is 0 Å². The molecule has 0 atom stereocenters. The molecule has 7 nitrogen and oxygen atoms in total. The van der Waals surface area contributed by atoms with E-state index in [1.807, 2.05) is 0 Å². The molecule has 0 saturated carbocycles. The molecule has 0 aliphatic rings. The predicted octanol–water partition coefficient (Wildman–Crippen LogP) is 6.15. The van der Waals surface area contributed by atoms with Gasteiger partial charge in [-0.3, -0.25) is 4.79 Å². The lowest BCUT2D eigenvalue weighted by Crippen LogP contribution is -2.15. The van der Waals surface area contributed by atoms with Crippen molar-refractivity contribution in [3.63, 3.8) is 0 Å². The maximum Gasteiger partial charge on any atom is 0.453 e. The van der Waals surface area contributed by atoms with Crippen molar-refractivity contribution in [3.8, 4) is 28.7 Å². The number of esters is 1. The molecule has 3 aromatic carbocycles. The summed E-state index contributed by atoms with van der Waals surface area (Å²) in [5, 5.41) is -0.184. The van der Waals surface area contributed by atoms with Crippen LogP contribution in [0.5, 0.6) is 28.7 Å². The topological polar surface area (TPSA) is 84.2 Å². The number of aryl methyl sites for hydroxylation is 1. The lowest BCUT2D eigenvalue weighted by Gasteiger charge is -2.14. The monoisotopic (exact) mass is 500 g/mol. The molecule has 0 radical (unpaired) electrons. The van der Waals surface area contributed by atoms with E-state index in [4.69, 9.17) is 23.4 Å². The van der Waals surface area contributed by atoms with Crippen molar-refractivity contribution >= 4 is 16.9 Å². The summed E-state index contributed by atoms with van der Waals surface area (Å²) < 4.78 is 67.2. The maximum absolute atomic E-state index is 13.8. The molecule has 0 amide bonds. The summed E-state index contributed by atoms with van der Waals surface area (Å²) >= 11 is 0. The lowest BCUT2D eigenvalue weighted by molar-refractivity contribution is -0.154. The van der Waals surface area contributed by atoms with Gasteiger partial charge < -0.3 is 23.4 Å². The summed E-state index contributed by atoms with van der Waals surface area (Å²) in [6.45, 7) is 1.80. The van der Waals surface area contributed by atoms with Gasteiger partial charge >= 0.3 is 12.1 Å². The zero-order valence-electron chi connectivity index (χ0n) is 19.3. The summed E-state index contributed by atoms with van der Waals surface area (Å²) in [6.07, 6.45) is -5.03. The number of halogens is 3. The number of methoxy groups -OCH3 is 2. The molecule has 0 aliphatic heterocycles. The molecule has 0 saturated heterocycles. The molecule has 0 fully saturated rings. The Hall–Kier alpha value is -4.47. The Kier molecular flexibility index (Phi) is 6.61. The van der Waals surface area contributed by atoms with E-state index in [0.717, 1.165) is 11.6 Å². The third kappa shape index (κ3) is 4.97. The number of benzene rings is 3. The van der Waals surface area contributed by atoms with Crippen LogP contribution in [0.3, 0.4) is 0 Å². The average molecular weight is 500 g/mol. The summed E-state index contributed by atoms with van der Waals surface area (Å²) in [5.74, 6) is -2.83. The van der Waals surface area contributed by atoms with Gasteiger partial charge in [-0.15, -0.1) is 0 Å². The van der Waals surface area contributed by atoms with Crippen LogP contribution < -0.4 is 24.4 Å². The summed E-state index contributed by atoms with van der Waals surface area (Å²) in [4.78, 5) is 25.5. The Labute approximate surface area is 202 Å². The molecule has 0 bridgehead atoms. The first-order chi connectivity index (χ1) is 17.1. The van der Waals surface area contributed by atoms with Crippen LogP contribution in [0.25, 0.3) is 11.0 Å². The fraction of sp³-hybridized carbons (Fsp3) is 0.154. The van der Waals surface area contributed by atoms with Crippen LogP contribution in [0.15, 0.2) is 69.9 Å². The van der Waals surface area contributed by atoms with Crippen LogP contribution in [0.2, 0.25) is 0 Å². The SMILES string of the molecule is COc1ccc(C(=O)Oc2ccc3c(=O)c(Oc4ccc(C)cc4)c(C(F)(F)F)oc3c2)cc1OC. The van der Waals surface area contributed by atoms with Crippen LogP contribution >= 0.6 is 0 Å². The van der Waals surface area contributed by atoms with Gasteiger partial charge in [0.1, 0.15) is 17.1 Å². The molecule has 0 spiro atoms. The number of carbonyl (C=O) groups is 1. The van der Waals surface area contributed by atoms with E-state index in [9.17, 15) is 22.8 Å². The van der Waals surface area contributed by atoms with E-state index in [1.54, 1.807) is 19.1 Å². The fourth-order valence-electron chi connectivity index (χ4n) is 3.35. The van der Waals surface area contributed by atoms with E-state index in [-0.39, 0.29) is 28.2 Å². The van der Waals surface area contributed by atoms with Gasteiger partial charge in [0.2, 0.25) is 11.2 Å². The molecule has 0 aliphatic carbocycles. The van der Waals surface area contributed by atoms with E-state index in [1.165, 1.54) is 56.7 Å². The van der Waals surface area contributed by atoms with E-state index in [0.29, 0.717) is 5.75 Å². The van der Waals surface area contributed by atoms with Crippen molar-refractivity contribution in [3.05, 3.63) is 87.8 Å². The van der Waals surface area contributed by atoms with Gasteiger partial charge in [0.25, 0.3) is 5.76 Å². The molecule has 0 unspecified atom stereocenters. The third-order valence-corrected chi connectivity index (χ3v) is 5.15. The number of ether oxygens (including phenoxy) is 4. The highest BCUT2D eigenvalue weighted by Crippen LogP contribution is 2.39. The first kappa shape index (κ1) is 24.6. The van der Waals surface area contributed by atoms with E-state index >= 15 is 0 Å². The van der Waals surface area contributed by atoms with Gasteiger partial charge in [-0.05, 0) is 49.4 Å². The van der Waals surface area contributed by atoms with Gasteiger partial charge in [0, 0.05) is 6.07 Å². The third-order valence-electron chi connectivity index (χ3n) is 5.15. The number of carbonyl (C=O) groups excluding carboxylic acids is 1. The van der Waals surface area contributed by atoms with Crippen molar-refractivity contribution in [2.75, 3.05) is 14.2 Å². The minimum absolute atomic E-state index is 0.0400. The Balaban J connectivity index is 1.71. The summed E-state index contributed by atoms with van der Waals surface area (Å²) in [6, 6.07) is 13.9. The van der Waals surface area contributed by atoms with Crippen LogP contribution in [0, 0.1) is 6.92 Å². The van der Waals surface area contributed by atoms with Gasteiger partial charge in [-0.25, -0.2) is 4.79 Å². The van der Waals surface area contributed by atoms with Gasteiger partial charge in [-0.1, -0.05) is 17.7 Å². The highest BCUT2D eigenvalue weighted by atomic mass is 19.4. The number of alkyl halides is 3. The Morgan fingerprint density at radius 3 is 2.17 bits per heavy atom.